The number of sulfone groups is 1. The molecular formula is C22H22N4O5S. The maximum atomic E-state index is 12.9. The summed E-state index contributed by atoms with van der Waals surface area (Å²) in [7, 11) is -3.35. The van der Waals surface area contributed by atoms with Gasteiger partial charge in [-0.1, -0.05) is 30.3 Å². The number of anilines is 1. The molecule has 2 aromatic carbocycles. The first kappa shape index (κ1) is 21.6. The highest BCUT2D eigenvalue weighted by Gasteiger charge is 2.37. The number of rotatable bonds is 5. The van der Waals surface area contributed by atoms with Crippen molar-refractivity contribution in [1.82, 2.24) is 14.5 Å². The van der Waals surface area contributed by atoms with Gasteiger partial charge in [-0.05, 0) is 29.8 Å². The van der Waals surface area contributed by atoms with Gasteiger partial charge >= 0.3 is 12.0 Å². The molecule has 32 heavy (non-hydrogen) atoms. The number of carbonyl (C=O) groups is 2. The van der Waals surface area contributed by atoms with Crippen LogP contribution in [0.2, 0.25) is 0 Å². The molecule has 0 bridgehead atoms. The van der Waals surface area contributed by atoms with E-state index >= 15 is 0 Å². The Morgan fingerprint density at radius 1 is 1.12 bits per heavy atom. The van der Waals surface area contributed by atoms with E-state index in [1.54, 1.807) is 6.33 Å². The fourth-order valence-electron chi connectivity index (χ4n) is 3.71. The van der Waals surface area contributed by atoms with Gasteiger partial charge in [0.1, 0.15) is 6.04 Å². The number of carbonyl (C=O) groups excluding carboxylic acids is 1. The Morgan fingerprint density at radius 2 is 1.81 bits per heavy atom. The van der Waals surface area contributed by atoms with Gasteiger partial charge in [-0.25, -0.2) is 23.0 Å². The van der Waals surface area contributed by atoms with Crippen LogP contribution in [0, 0.1) is 0 Å². The van der Waals surface area contributed by atoms with Gasteiger partial charge in [0, 0.05) is 30.6 Å². The lowest BCUT2D eigenvalue weighted by Crippen LogP contribution is -2.50. The maximum absolute atomic E-state index is 12.9. The van der Waals surface area contributed by atoms with Crippen LogP contribution in [0.5, 0.6) is 0 Å². The third-order valence-electron chi connectivity index (χ3n) is 5.39. The average Bonchev–Trinajstić information content (AvgIpc) is 3.15. The number of benzene rings is 2. The summed E-state index contributed by atoms with van der Waals surface area (Å²) in [5, 5.41) is 12.4. The van der Waals surface area contributed by atoms with E-state index in [1.807, 2.05) is 34.9 Å². The van der Waals surface area contributed by atoms with Gasteiger partial charge in [-0.3, -0.25) is 0 Å². The molecule has 10 heteroatoms. The summed E-state index contributed by atoms with van der Waals surface area (Å²) in [6.07, 6.45) is 2.90. The highest BCUT2D eigenvalue weighted by Crippen LogP contribution is 2.25. The van der Waals surface area contributed by atoms with E-state index in [9.17, 15) is 23.1 Å². The Morgan fingerprint density at radius 3 is 2.44 bits per heavy atom. The van der Waals surface area contributed by atoms with Crippen molar-refractivity contribution >= 4 is 27.5 Å². The van der Waals surface area contributed by atoms with Crippen LogP contribution in [-0.4, -0.2) is 52.3 Å². The summed E-state index contributed by atoms with van der Waals surface area (Å²) < 4.78 is 25.1. The zero-order valence-corrected chi connectivity index (χ0v) is 18.1. The first-order chi connectivity index (χ1) is 15.2. The summed E-state index contributed by atoms with van der Waals surface area (Å²) in [6.45, 7) is 0.621. The first-order valence-electron chi connectivity index (χ1n) is 9.90. The second-order valence-electron chi connectivity index (χ2n) is 7.66. The molecule has 2 amide bonds. The molecule has 0 saturated carbocycles. The second kappa shape index (κ2) is 8.46. The van der Waals surface area contributed by atoms with Crippen LogP contribution < -0.4 is 5.32 Å². The third-order valence-corrected chi connectivity index (χ3v) is 6.52. The molecule has 1 aliphatic heterocycles. The summed E-state index contributed by atoms with van der Waals surface area (Å²) in [5.74, 6) is -1.11. The smallest absolute Gasteiger partial charge is 0.326 e. The molecular weight excluding hydrogens is 432 g/mol. The van der Waals surface area contributed by atoms with Crippen LogP contribution in [0.1, 0.15) is 17.0 Å². The van der Waals surface area contributed by atoms with Crippen LogP contribution in [-0.2, 0) is 34.1 Å². The summed E-state index contributed by atoms with van der Waals surface area (Å²) in [5.41, 5.74) is 2.88. The van der Waals surface area contributed by atoms with Crippen molar-refractivity contribution in [2.45, 2.75) is 30.4 Å². The fraction of sp³-hybridized carbons (Fsp3) is 0.227. The largest absolute Gasteiger partial charge is 0.480 e. The number of amides is 2. The predicted molar refractivity (Wildman–Crippen MR) is 117 cm³/mol. The molecule has 1 atom stereocenters. The topological polar surface area (TPSA) is 122 Å². The van der Waals surface area contributed by atoms with E-state index in [2.05, 4.69) is 10.3 Å². The molecule has 1 unspecified atom stereocenters. The number of hydrogen-bond acceptors (Lipinski definition) is 5. The van der Waals surface area contributed by atoms with Crippen molar-refractivity contribution in [3.63, 3.8) is 0 Å². The SMILES string of the molecule is CS(=O)(=O)c1ccc(NC(=O)N2Cc3ncn(Cc4ccccc4)c3CC2C(=O)O)cc1. The number of nitrogens with zero attached hydrogens (tertiary/aromatic N) is 3. The number of carboxylic acid groups (broad SMARTS) is 1. The molecule has 0 saturated heterocycles. The van der Waals surface area contributed by atoms with Crippen molar-refractivity contribution in [2.75, 3.05) is 11.6 Å². The lowest BCUT2D eigenvalue weighted by Gasteiger charge is -2.33. The minimum Gasteiger partial charge on any atom is -0.480 e. The van der Waals surface area contributed by atoms with Crippen molar-refractivity contribution in [3.05, 3.63) is 77.9 Å². The standard InChI is InChI=1S/C22H22N4O5S/c1-32(30,31)17-9-7-16(8-10-17)24-22(29)26-13-18-19(11-20(26)21(27)28)25(14-23-18)12-15-5-3-2-4-6-15/h2-10,14,20H,11-13H2,1H3,(H,24,29)(H,27,28). The number of aromatic nitrogens is 2. The van der Waals surface area contributed by atoms with Crippen LogP contribution in [0.3, 0.4) is 0 Å². The Balaban J connectivity index is 1.53. The summed E-state index contributed by atoms with van der Waals surface area (Å²) in [6, 6.07) is 13.8. The van der Waals surface area contributed by atoms with Gasteiger partial charge in [0.15, 0.2) is 9.84 Å². The van der Waals surface area contributed by atoms with E-state index in [1.165, 1.54) is 29.2 Å². The lowest BCUT2D eigenvalue weighted by molar-refractivity contribution is -0.142. The van der Waals surface area contributed by atoms with Crippen LogP contribution in [0.25, 0.3) is 0 Å². The number of aliphatic carboxylic acids is 1. The van der Waals surface area contributed by atoms with Crippen LogP contribution in [0.15, 0.2) is 65.8 Å². The van der Waals surface area contributed by atoms with Crippen molar-refractivity contribution in [2.24, 2.45) is 0 Å². The molecule has 3 aromatic rings. The highest BCUT2D eigenvalue weighted by atomic mass is 32.2. The average molecular weight is 455 g/mol. The van der Waals surface area contributed by atoms with Gasteiger partial charge in [0.05, 0.1) is 23.5 Å². The van der Waals surface area contributed by atoms with Crippen molar-refractivity contribution in [1.29, 1.82) is 0 Å². The third kappa shape index (κ3) is 4.50. The van der Waals surface area contributed by atoms with Gasteiger partial charge < -0.3 is 19.9 Å². The Bertz CT molecular complexity index is 1250. The summed E-state index contributed by atoms with van der Waals surface area (Å²) >= 11 is 0. The van der Waals surface area contributed by atoms with E-state index in [0.29, 0.717) is 17.9 Å². The molecule has 0 fully saturated rings. The predicted octanol–water partition coefficient (Wildman–Crippen LogP) is 2.38. The number of carboxylic acids is 1. The minimum absolute atomic E-state index is 0.0569. The molecule has 1 aliphatic rings. The van der Waals surface area contributed by atoms with Gasteiger partial charge in [0.2, 0.25) is 0 Å². The Labute approximate surface area is 185 Å². The molecule has 166 valence electrons. The Kier molecular flexibility index (Phi) is 5.70. The normalized spacial score (nSPS) is 15.8. The molecule has 0 spiro atoms. The van der Waals surface area contributed by atoms with E-state index < -0.39 is 27.9 Å². The minimum atomic E-state index is -3.35. The molecule has 9 nitrogen and oxygen atoms in total. The van der Waals surface area contributed by atoms with Crippen molar-refractivity contribution in [3.8, 4) is 0 Å². The molecule has 0 aliphatic carbocycles. The van der Waals surface area contributed by atoms with E-state index in [4.69, 9.17) is 0 Å². The fourth-order valence-corrected chi connectivity index (χ4v) is 4.34. The number of fused-ring (bicyclic) bond motifs is 1. The van der Waals surface area contributed by atoms with Gasteiger partial charge in [-0.15, -0.1) is 0 Å². The quantitative estimate of drug-likeness (QED) is 0.611. The molecule has 0 radical (unpaired) electrons. The maximum Gasteiger partial charge on any atom is 0.326 e. The van der Waals surface area contributed by atoms with E-state index in [-0.39, 0.29) is 17.9 Å². The second-order valence-corrected chi connectivity index (χ2v) is 9.68. The monoisotopic (exact) mass is 454 g/mol. The number of urea groups is 1. The Hall–Kier alpha value is -3.66. The molecule has 2 N–H and O–H groups in total. The summed E-state index contributed by atoms with van der Waals surface area (Å²) in [4.78, 5) is 30.6. The number of imidazole rings is 1. The zero-order chi connectivity index (χ0) is 22.9. The highest BCUT2D eigenvalue weighted by molar-refractivity contribution is 7.90. The first-order valence-corrected chi connectivity index (χ1v) is 11.8. The van der Waals surface area contributed by atoms with Crippen molar-refractivity contribution < 1.29 is 23.1 Å². The zero-order valence-electron chi connectivity index (χ0n) is 17.3. The van der Waals surface area contributed by atoms with Crippen LogP contribution >= 0.6 is 0 Å². The molecule has 4 rings (SSSR count). The number of nitrogens with one attached hydrogen (secondary N) is 1. The lowest BCUT2D eigenvalue weighted by atomic mass is 10.0. The van der Waals surface area contributed by atoms with Gasteiger partial charge in [0.25, 0.3) is 0 Å². The molecule has 2 heterocycles. The van der Waals surface area contributed by atoms with Gasteiger partial charge in [-0.2, -0.15) is 0 Å². The molecule has 1 aromatic heterocycles. The van der Waals surface area contributed by atoms with E-state index in [0.717, 1.165) is 17.5 Å². The number of hydrogen-bond donors (Lipinski definition) is 2. The van der Waals surface area contributed by atoms with Crippen LogP contribution in [0.4, 0.5) is 10.5 Å².